The molecule has 106 valence electrons. The van der Waals surface area contributed by atoms with E-state index in [0.717, 1.165) is 31.5 Å². The number of rotatable bonds is 4. The Hall–Kier alpha value is -0.650. The van der Waals surface area contributed by atoms with Crippen LogP contribution in [0.3, 0.4) is 0 Å². The van der Waals surface area contributed by atoms with Gasteiger partial charge in [-0.3, -0.25) is 4.79 Å². The normalized spacial score (nSPS) is 24.4. The highest BCUT2D eigenvalue weighted by molar-refractivity contribution is 7.12. The molecule has 1 aromatic rings. The minimum atomic E-state index is -0.120. The van der Waals surface area contributed by atoms with Crippen LogP contribution in [0.5, 0.6) is 0 Å². The Morgan fingerprint density at radius 3 is 2.79 bits per heavy atom. The van der Waals surface area contributed by atoms with Gasteiger partial charge in [0.05, 0.1) is 5.51 Å². The van der Waals surface area contributed by atoms with Crippen molar-refractivity contribution in [3.8, 4) is 0 Å². The van der Waals surface area contributed by atoms with Crippen LogP contribution in [-0.2, 0) is 0 Å². The van der Waals surface area contributed by atoms with Crippen LogP contribution in [0.25, 0.3) is 0 Å². The van der Waals surface area contributed by atoms with Crippen molar-refractivity contribution in [2.45, 2.75) is 20.3 Å². The summed E-state index contributed by atoms with van der Waals surface area (Å²) in [7, 11) is 0. The maximum atomic E-state index is 11.9. The Labute approximate surface area is 123 Å². The molecular formula is C13H20ClN3OS. The second-order valence-corrected chi connectivity index (χ2v) is 6.65. The van der Waals surface area contributed by atoms with E-state index in [1.165, 1.54) is 17.8 Å². The summed E-state index contributed by atoms with van der Waals surface area (Å²) in [6, 6.07) is 0. The van der Waals surface area contributed by atoms with Crippen LogP contribution >= 0.6 is 22.9 Å². The lowest BCUT2D eigenvalue weighted by Crippen LogP contribution is -2.42. The van der Waals surface area contributed by atoms with E-state index in [1.807, 2.05) is 0 Å². The average molecular weight is 302 g/mol. The molecule has 2 atom stereocenters. The number of carbonyl (C=O) groups is 1. The number of halogens is 1. The molecule has 2 heterocycles. The molecule has 2 rings (SSSR count). The Bertz CT molecular complexity index is 427. The SMILES string of the molecule is C[C@H]1C[C@H](C)CN(CCNC(=O)c2scnc2Cl)C1. The molecule has 19 heavy (non-hydrogen) atoms. The Balaban J connectivity index is 1.75. The second kappa shape index (κ2) is 6.68. The van der Waals surface area contributed by atoms with Crippen molar-refractivity contribution < 1.29 is 4.79 Å². The number of piperidine rings is 1. The fourth-order valence-corrected chi connectivity index (χ4v) is 3.68. The predicted octanol–water partition coefficient (Wildman–Crippen LogP) is 2.50. The van der Waals surface area contributed by atoms with Gasteiger partial charge in [0.15, 0.2) is 5.15 Å². The van der Waals surface area contributed by atoms with Gasteiger partial charge >= 0.3 is 0 Å². The molecule has 0 unspecified atom stereocenters. The zero-order valence-electron chi connectivity index (χ0n) is 11.4. The van der Waals surface area contributed by atoms with Gasteiger partial charge in [-0.1, -0.05) is 25.4 Å². The Kier molecular flexibility index (Phi) is 5.19. The Morgan fingerprint density at radius 1 is 1.53 bits per heavy atom. The first-order valence-corrected chi connectivity index (χ1v) is 7.91. The lowest BCUT2D eigenvalue weighted by Gasteiger charge is -2.34. The third kappa shape index (κ3) is 4.16. The van der Waals surface area contributed by atoms with E-state index < -0.39 is 0 Å². The van der Waals surface area contributed by atoms with Crippen LogP contribution < -0.4 is 5.32 Å². The summed E-state index contributed by atoms with van der Waals surface area (Å²) in [5.41, 5.74) is 1.59. The van der Waals surface area contributed by atoms with Crippen LogP contribution in [0.2, 0.25) is 5.15 Å². The number of nitrogens with one attached hydrogen (secondary N) is 1. The van der Waals surface area contributed by atoms with Gasteiger partial charge in [-0.2, -0.15) is 0 Å². The summed E-state index contributed by atoms with van der Waals surface area (Å²) in [5, 5.41) is 3.20. The molecule has 1 fully saturated rings. The zero-order chi connectivity index (χ0) is 13.8. The van der Waals surface area contributed by atoms with Crippen molar-refractivity contribution >= 4 is 28.8 Å². The van der Waals surface area contributed by atoms with E-state index in [1.54, 1.807) is 5.51 Å². The number of amides is 1. The smallest absolute Gasteiger partial charge is 0.264 e. The van der Waals surface area contributed by atoms with Crippen LogP contribution in [0.4, 0.5) is 0 Å². The number of thiazole rings is 1. The third-order valence-corrected chi connectivity index (χ3v) is 4.61. The van der Waals surface area contributed by atoms with Crippen molar-refractivity contribution in [1.82, 2.24) is 15.2 Å². The highest BCUT2D eigenvalue weighted by Gasteiger charge is 2.21. The summed E-state index contributed by atoms with van der Waals surface area (Å²) in [5.74, 6) is 1.37. The number of carbonyl (C=O) groups excluding carboxylic acids is 1. The zero-order valence-corrected chi connectivity index (χ0v) is 12.9. The van der Waals surface area contributed by atoms with Gasteiger partial charge in [-0.15, -0.1) is 11.3 Å². The molecule has 1 N–H and O–H groups in total. The topological polar surface area (TPSA) is 45.2 Å². The fraction of sp³-hybridized carbons (Fsp3) is 0.692. The van der Waals surface area contributed by atoms with Gasteiger partial charge in [-0.05, 0) is 18.3 Å². The second-order valence-electron chi connectivity index (χ2n) is 5.43. The summed E-state index contributed by atoms with van der Waals surface area (Å²) in [4.78, 5) is 18.6. The summed E-state index contributed by atoms with van der Waals surface area (Å²) < 4.78 is 0. The predicted molar refractivity (Wildman–Crippen MR) is 78.8 cm³/mol. The lowest BCUT2D eigenvalue weighted by atomic mass is 9.92. The average Bonchev–Trinajstić information content (AvgIpc) is 2.74. The van der Waals surface area contributed by atoms with Crippen molar-refractivity contribution in [1.29, 1.82) is 0 Å². The number of likely N-dealkylation sites (tertiary alicyclic amines) is 1. The number of nitrogens with zero attached hydrogens (tertiary/aromatic N) is 2. The van der Waals surface area contributed by atoms with Crippen LogP contribution in [0, 0.1) is 11.8 Å². The molecule has 1 aromatic heterocycles. The highest BCUT2D eigenvalue weighted by atomic mass is 35.5. The highest BCUT2D eigenvalue weighted by Crippen LogP contribution is 2.20. The minimum absolute atomic E-state index is 0.120. The summed E-state index contributed by atoms with van der Waals surface area (Å²) in [6.45, 7) is 8.39. The first-order valence-electron chi connectivity index (χ1n) is 6.65. The van der Waals surface area contributed by atoms with Crippen LogP contribution in [-0.4, -0.2) is 42.0 Å². The van der Waals surface area contributed by atoms with E-state index >= 15 is 0 Å². The van der Waals surface area contributed by atoms with Gasteiger partial charge in [0, 0.05) is 26.2 Å². The molecule has 4 nitrogen and oxygen atoms in total. The van der Waals surface area contributed by atoms with Gasteiger partial charge in [0.2, 0.25) is 0 Å². The van der Waals surface area contributed by atoms with Crippen molar-refractivity contribution in [2.24, 2.45) is 11.8 Å². The first kappa shape index (κ1) is 14.8. The van der Waals surface area contributed by atoms with E-state index in [2.05, 4.69) is 29.0 Å². The number of hydrogen-bond acceptors (Lipinski definition) is 4. The molecule has 0 bridgehead atoms. The summed E-state index contributed by atoms with van der Waals surface area (Å²) >= 11 is 7.10. The largest absolute Gasteiger partial charge is 0.350 e. The molecule has 0 saturated carbocycles. The molecule has 0 spiro atoms. The quantitative estimate of drug-likeness (QED) is 0.929. The van der Waals surface area contributed by atoms with E-state index in [0.29, 0.717) is 16.6 Å². The molecule has 0 aromatic carbocycles. The third-order valence-electron chi connectivity index (χ3n) is 3.39. The summed E-state index contributed by atoms with van der Waals surface area (Å²) in [6.07, 6.45) is 1.30. The molecule has 0 radical (unpaired) electrons. The van der Waals surface area contributed by atoms with Crippen molar-refractivity contribution in [2.75, 3.05) is 26.2 Å². The maximum absolute atomic E-state index is 11.9. The fourth-order valence-electron chi connectivity index (χ4n) is 2.76. The minimum Gasteiger partial charge on any atom is -0.350 e. The molecule has 1 amide bonds. The van der Waals surface area contributed by atoms with Gasteiger partial charge in [-0.25, -0.2) is 4.98 Å². The van der Waals surface area contributed by atoms with Crippen LogP contribution in [0.15, 0.2) is 5.51 Å². The number of hydrogen-bond donors (Lipinski definition) is 1. The van der Waals surface area contributed by atoms with E-state index in [-0.39, 0.29) is 5.91 Å². The van der Waals surface area contributed by atoms with Crippen molar-refractivity contribution in [3.63, 3.8) is 0 Å². The van der Waals surface area contributed by atoms with Gasteiger partial charge in [0.1, 0.15) is 4.88 Å². The van der Waals surface area contributed by atoms with E-state index in [4.69, 9.17) is 11.6 Å². The Morgan fingerprint density at radius 2 is 2.21 bits per heavy atom. The number of aromatic nitrogens is 1. The van der Waals surface area contributed by atoms with Gasteiger partial charge < -0.3 is 10.2 Å². The van der Waals surface area contributed by atoms with E-state index in [9.17, 15) is 4.79 Å². The van der Waals surface area contributed by atoms with Crippen LogP contribution in [0.1, 0.15) is 29.9 Å². The molecule has 1 aliphatic rings. The molecule has 6 heteroatoms. The monoisotopic (exact) mass is 301 g/mol. The first-order chi connectivity index (χ1) is 9.06. The standard InChI is InChI=1S/C13H20ClN3OS/c1-9-5-10(2)7-17(6-9)4-3-15-13(18)11-12(14)16-8-19-11/h8-10H,3-7H2,1-2H3,(H,15,18)/t9-,10-/m0/s1. The lowest BCUT2D eigenvalue weighted by molar-refractivity contribution is 0.0940. The molecule has 1 aliphatic heterocycles. The maximum Gasteiger partial charge on any atom is 0.264 e. The molecule has 0 aliphatic carbocycles. The van der Waals surface area contributed by atoms with Crippen molar-refractivity contribution in [3.05, 3.63) is 15.5 Å². The molecular weight excluding hydrogens is 282 g/mol. The molecule has 1 saturated heterocycles. The van der Waals surface area contributed by atoms with Gasteiger partial charge in [0.25, 0.3) is 5.91 Å².